The maximum atomic E-state index is 11.0. The first-order chi connectivity index (χ1) is 11.1. The van der Waals surface area contributed by atoms with Gasteiger partial charge < -0.3 is 25.5 Å². The molecule has 120 valence electrons. The minimum Gasteiger partial charge on any atom is -0.394 e. The van der Waals surface area contributed by atoms with Gasteiger partial charge in [-0.3, -0.25) is 4.57 Å². The largest absolute Gasteiger partial charge is 0.406 e. The minimum absolute atomic E-state index is 0.151. The number of nitro groups is 1. The molecule has 0 aliphatic carbocycles. The standard InChI is InChI=1S/C15H17N5O3/c1-19-9-17-14(20(22)23)15(19)18-11(8-21)6-10-7-16-13-5-3-2-4-12(10)13/h2-5,7,9,11,16,18,21H,6,8H2,1H3/t11-/m1/s1. The highest BCUT2D eigenvalue weighted by molar-refractivity contribution is 5.83. The highest BCUT2D eigenvalue weighted by Crippen LogP contribution is 2.24. The first-order valence-corrected chi connectivity index (χ1v) is 7.18. The van der Waals surface area contributed by atoms with Gasteiger partial charge >= 0.3 is 5.82 Å². The third-order valence-corrected chi connectivity index (χ3v) is 3.79. The first kappa shape index (κ1) is 15.0. The second kappa shape index (κ2) is 6.09. The normalized spacial score (nSPS) is 12.4. The van der Waals surface area contributed by atoms with E-state index in [4.69, 9.17) is 0 Å². The number of aromatic amines is 1. The van der Waals surface area contributed by atoms with Crippen LogP contribution in [0.3, 0.4) is 0 Å². The molecule has 0 bridgehead atoms. The maximum Gasteiger partial charge on any atom is 0.406 e. The van der Waals surface area contributed by atoms with Gasteiger partial charge in [-0.25, -0.2) is 0 Å². The second-order valence-electron chi connectivity index (χ2n) is 5.37. The SMILES string of the molecule is Cn1cnc([N+](=O)[O-])c1N[C@@H](CO)Cc1c[nH]c2ccccc12. The van der Waals surface area contributed by atoms with Gasteiger partial charge in [0.05, 0.1) is 12.6 Å². The summed E-state index contributed by atoms with van der Waals surface area (Å²) in [5.74, 6) is 0.0405. The van der Waals surface area contributed by atoms with E-state index in [2.05, 4.69) is 15.3 Å². The lowest BCUT2D eigenvalue weighted by molar-refractivity contribution is -0.388. The van der Waals surface area contributed by atoms with Crippen molar-refractivity contribution in [2.24, 2.45) is 7.05 Å². The summed E-state index contributed by atoms with van der Waals surface area (Å²) in [5.41, 5.74) is 2.06. The van der Waals surface area contributed by atoms with E-state index in [0.29, 0.717) is 6.42 Å². The van der Waals surface area contributed by atoms with E-state index in [1.165, 1.54) is 10.9 Å². The van der Waals surface area contributed by atoms with Gasteiger partial charge in [0.25, 0.3) is 0 Å². The molecular weight excluding hydrogens is 298 g/mol. The molecule has 2 aromatic heterocycles. The van der Waals surface area contributed by atoms with E-state index in [1.807, 2.05) is 30.5 Å². The van der Waals surface area contributed by atoms with Gasteiger partial charge in [0.2, 0.25) is 12.1 Å². The average molecular weight is 315 g/mol. The van der Waals surface area contributed by atoms with Crippen LogP contribution in [0.1, 0.15) is 5.56 Å². The van der Waals surface area contributed by atoms with Crippen LogP contribution in [0, 0.1) is 10.1 Å². The zero-order chi connectivity index (χ0) is 16.4. The molecule has 2 heterocycles. The molecule has 1 aromatic carbocycles. The molecule has 8 nitrogen and oxygen atoms in total. The number of hydrogen-bond donors (Lipinski definition) is 3. The van der Waals surface area contributed by atoms with Crippen molar-refractivity contribution >= 4 is 22.5 Å². The van der Waals surface area contributed by atoms with E-state index in [9.17, 15) is 15.2 Å². The van der Waals surface area contributed by atoms with E-state index in [-0.39, 0.29) is 24.3 Å². The Kier molecular flexibility index (Phi) is 3.98. The van der Waals surface area contributed by atoms with Gasteiger partial charge in [0.15, 0.2) is 0 Å². The van der Waals surface area contributed by atoms with Crippen molar-refractivity contribution in [3.05, 3.63) is 52.5 Å². The Balaban J connectivity index is 1.84. The Morgan fingerprint density at radius 1 is 1.48 bits per heavy atom. The van der Waals surface area contributed by atoms with Crippen LogP contribution in [0.15, 0.2) is 36.8 Å². The van der Waals surface area contributed by atoms with E-state index in [1.54, 1.807) is 7.05 Å². The van der Waals surface area contributed by atoms with E-state index < -0.39 is 4.92 Å². The number of benzene rings is 1. The number of rotatable bonds is 6. The zero-order valence-corrected chi connectivity index (χ0v) is 12.6. The van der Waals surface area contributed by atoms with Gasteiger partial charge in [-0.2, -0.15) is 0 Å². The number of para-hydroxylation sites is 1. The fraction of sp³-hybridized carbons (Fsp3) is 0.267. The van der Waals surface area contributed by atoms with Crippen molar-refractivity contribution in [3.63, 3.8) is 0 Å². The van der Waals surface area contributed by atoms with Crippen molar-refractivity contribution in [1.29, 1.82) is 0 Å². The average Bonchev–Trinajstić information content (AvgIpc) is 3.11. The Bertz CT molecular complexity index is 839. The van der Waals surface area contributed by atoms with Crippen LogP contribution < -0.4 is 5.32 Å². The van der Waals surface area contributed by atoms with Gasteiger partial charge in [-0.1, -0.05) is 18.2 Å². The lowest BCUT2D eigenvalue weighted by atomic mass is 10.1. The second-order valence-corrected chi connectivity index (χ2v) is 5.37. The van der Waals surface area contributed by atoms with Crippen molar-refractivity contribution in [1.82, 2.24) is 14.5 Å². The fourth-order valence-electron chi connectivity index (χ4n) is 2.64. The number of nitrogens with one attached hydrogen (secondary N) is 2. The molecule has 1 atom stereocenters. The molecule has 0 spiro atoms. The number of imidazole rings is 1. The number of nitrogens with zero attached hydrogens (tertiary/aromatic N) is 3. The summed E-state index contributed by atoms with van der Waals surface area (Å²) in [6, 6.07) is 7.52. The molecule has 3 rings (SSSR count). The number of aromatic nitrogens is 3. The molecule has 3 aromatic rings. The summed E-state index contributed by atoms with van der Waals surface area (Å²) in [5, 5.41) is 24.8. The van der Waals surface area contributed by atoms with Crippen molar-refractivity contribution in [3.8, 4) is 0 Å². The molecule has 3 N–H and O–H groups in total. The summed E-state index contributed by atoms with van der Waals surface area (Å²) < 4.78 is 1.54. The molecule has 0 radical (unpaired) electrons. The van der Waals surface area contributed by atoms with Crippen molar-refractivity contribution in [2.75, 3.05) is 11.9 Å². The molecule has 0 aliphatic rings. The van der Waals surface area contributed by atoms with Crippen molar-refractivity contribution < 1.29 is 10.0 Å². The van der Waals surface area contributed by atoms with E-state index in [0.717, 1.165) is 16.5 Å². The number of H-pyrrole nitrogens is 1. The van der Waals surface area contributed by atoms with Gasteiger partial charge in [-0.15, -0.1) is 0 Å². The maximum absolute atomic E-state index is 11.0. The highest BCUT2D eigenvalue weighted by atomic mass is 16.6. The monoisotopic (exact) mass is 315 g/mol. The molecule has 0 unspecified atom stereocenters. The summed E-state index contributed by atoms with van der Waals surface area (Å²) >= 11 is 0. The van der Waals surface area contributed by atoms with Crippen LogP contribution in [-0.4, -0.2) is 37.2 Å². The van der Waals surface area contributed by atoms with Crippen LogP contribution in [-0.2, 0) is 13.5 Å². The minimum atomic E-state index is -0.539. The Morgan fingerprint density at radius 3 is 3.00 bits per heavy atom. The molecule has 0 aliphatic heterocycles. The van der Waals surface area contributed by atoms with Gasteiger partial charge in [0.1, 0.15) is 0 Å². The number of hydrogen-bond acceptors (Lipinski definition) is 5. The molecule has 8 heteroatoms. The number of anilines is 1. The number of aliphatic hydroxyl groups is 1. The van der Waals surface area contributed by atoms with Crippen LogP contribution in [0.4, 0.5) is 11.6 Å². The molecule has 0 saturated heterocycles. The summed E-state index contributed by atoms with van der Waals surface area (Å²) in [6.07, 6.45) is 3.80. The highest BCUT2D eigenvalue weighted by Gasteiger charge is 2.23. The van der Waals surface area contributed by atoms with Crippen LogP contribution in [0.5, 0.6) is 0 Å². The Hall–Kier alpha value is -2.87. The third kappa shape index (κ3) is 2.88. The molecule has 0 amide bonds. The molecule has 0 fully saturated rings. The smallest absolute Gasteiger partial charge is 0.394 e. The molecular formula is C15H17N5O3. The molecule has 0 saturated carbocycles. The predicted octanol–water partition coefficient (Wildman–Crippen LogP) is 1.83. The quantitative estimate of drug-likeness (QED) is 0.475. The first-order valence-electron chi connectivity index (χ1n) is 7.18. The lowest BCUT2D eigenvalue weighted by Gasteiger charge is -2.16. The Labute approximate surface area is 131 Å². The lowest BCUT2D eigenvalue weighted by Crippen LogP contribution is -2.27. The topological polar surface area (TPSA) is 109 Å². The number of fused-ring (bicyclic) bond motifs is 1. The van der Waals surface area contributed by atoms with Crippen LogP contribution in [0.2, 0.25) is 0 Å². The summed E-state index contributed by atoms with van der Waals surface area (Å²) in [4.78, 5) is 17.4. The summed E-state index contributed by atoms with van der Waals surface area (Å²) in [7, 11) is 1.67. The van der Waals surface area contributed by atoms with Crippen molar-refractivity contribution in [2.45, 2.75) is 12.5 Å². The Morgan fingerprint density at radius 2 is 2.26 bits per heavy atom. The van der Waals surface area contributed by atoms with E-state index >= 15 is 0 Å². The predicted molar refractivity (Wildman–Crippen MR) is 86.4 cm³/mol. The van der Waals surface area contributed by atoms with Crippen LogP contribution in [0.25, 0.3) is 10.9 Å². The number of aliphatic hydroxyl groups excluding tert-OH is 1. The van der Waals surface area contributed by atoms with Gasteiger partial charge in [-0.05, 0) is 28.0 Å². The molecule has 23 heavy (non-hydrogen) atoms. The fourth-order valence-corrected chi connectivity index (χ4v) is 2.64. The summed E-state index contributed by atoms with van der Waals surface area (Å²) in [6.45, 7) is -0.151. The zero-order valence-electron chi connectivity index (χ0n) is 12.6. The van der Waals surface area contributed by atoms with Crippen LogP contribution >= 0.6 is 0 Å². The third-order valence-electron chi connectivity index (χ3n) is 3.79. The number of aryl methyl sites for hydroxylation is 1. The van der Waals surface area contributed by atoms with Gasteiger partial charge in [0, 0.05) is 24.1 Å².